The molecule has 2 nitrogen and oxygen atoms in total. The van der Waals surface area contributed by atoms with Gasteiger partial charge in [-0.3, -0.25) is 4.79 Å². The fourth-order valence-corrected chi connectivity index (χ4v) is 1.72. The maximum absolute atomic E-state index is 10.9. The summed E-state index contributed by atoms with van der Waals surface area (Å²) in [5, 5.41) is 9.92. The van der Waals surface area contributed by atoms with Gasteiger partial charge in [-0.15, -0.1) is 0 Å². The SMILES string of the molecule is CC(=O)Cc1cc(O)ccc1CBr. The molecule has 70 valence electrons. The number of carbonyl (C=O) groups excluding carboxylic acids is 1. The third-order valence-electron chi connectivity index (χ3n) is 1.77. The van der Waals surface area contributed by atoms with Crippen LogP contribution in [0.2, 0.25) is 0 Å². The second kappa shape index (κ2) is 4.42. The highest BCUT2D eigenvalue weighted by Gasteiger charge is 2.04. The minimum absolute atomic E-state index is 0.104. The summed E-state index contributed by atoms with van der Waals surface area (Å²) in [5.74, 6) is 0.314. The maximum Gasteiger partial charge on any atom is 0.134 e. The molecule has 0 fully saturated rings. The molecule has 0 aliphatic rings. The van der Waals surface area contributed by atoms with Gasteiger partial charge < -0.3 is 5.11 Å². The smallest absolute Gasteiger partial charge is 0.134 e. The van der Waals surface area contributed by atoms with Crippen molar-refractivity contribution in [2.45, 2.75) is 18.7 Å². The van der Waals surface area contributed by atoms with Gasteiger partial charge in [0.15, 0.2) is 0 Å². The van der Waals surface area contributed by atoms with Gasteiger partial charge in [0.05, 0.1) is 0 Å². The molecule has 0 heterocycles. The van der Waals surface area contributed by atoms with Crippen LogP contribution in [-0.2, 0) is 16.5 Å². The van der Waals surface area contributed by atoms with Gasteiger partial charge in [0, 0.05) is 11.8 Å². The molecule has 0 spiro atoms. The number of halogens is 1. The Morgan fingerprint density at radius 3 is 2.69 bits per heavy atom. The van der Waals surface area contributed by atoms with Crippen molar-refractivity contribution in [3.8, 4) is 5.75 Å². The first-order valence-electron chi connectivity index (χ1n) is 3.99. The summed E-state index contributed by atoms with van der Waals surface area (Å²) in [6, 6.07) is 5.08. The predicted molar refractivity (Wildman–Crippen MR) is 55.1 cm³/mol. The van der Waals surface area contributed by atoms with E-state index in [-0.39, 0.29) is 11.5 Å². The Morgan fingerprint density at radius 1 is 1.46 bits per heavy atom. The van der Waals surface area contributed by atoms with E-state index in [1.54, 1.807) is 19.1 Å². The Labute approximate surface area is 85.7 Å². The van der Waals surface area contributed by atoms with E-state index in [4.69, 9.17) is 0 Å². The van der Waals surface area contributed by atoms with E-state index in [0.29, 0.717) is 11.8 Å². The molecule has 0 bridgehead atoms. The molecular formula is C10H11BrO2. The number of alkyl halides is 1. The van der Waals surface area contributed by atoms with Gasteiger partial charge in [-0.2, -0.15) is 0 Å². The van der Waals surface area contributed by atoms with E-state index in [0.717, 1.165) is 11.1 Å². The second-order valence-electron chi connectivity index (χ2n) is 2.97. The molecule has 3 heteroatoms. The van der Waals surface area contributed by atoms with E-state index in [9.17, 15) is 9.90 Å². The van der Waals surface area contributed by atoms with Crippen LogP contribution in [0.25, 0.3) is 0 Å². The standard InChI is InChI=1S/C10H11BrO2/c1-7(12)4-9-5-10(13)3-2-8(9)6-11/h2-3,5,13H,4,6H2,1H3. The highest BCUT2D eigenvalue weighted by atomic mass is 79.9. The summed E-state index contributed by atoms with van der Waals surface area (Å²) in [6.45, 7) is 1.54. The zero-order chi connectivity index (χ0) is 9.84. The third-order valence-corrected chi connectivity index (χ3v) is 2.38. The van der Waals surface area contributed by atoms with Crippen LogP contribution in [0.3, 0.4) is 0 Å². The average Bonchev–Trinajstić information content (AvgIpc) is 2.03. The molecule has 0 unspecified atom stereocenters. The topological polar surface area (TPSA) is 37.3 Å². The Bertz CT molecular complexity index is 321. The largest absolute Gasteiger partial charge is 0.508 e. The molecule has 0 radical (unpaired) electrons. The molecule has 0 aliphatic heterocycles. The van der Waals surface area contributed by atoms with Crippen molar-refractivity contribution < 1.29 is 9.90 Å². The molecule has 1 rings (SSSR count). The number of ketones is 1. The number of aromatic hydroxyl groups is 1. The van der Waals surface area contributed by atoms with E-state index in [1.165, 1.54) is 0 Å². The summed E-state index contributed by atoms with van der Waals surface area (Å²) < 4.78 is 0. The number of carbonyl (C=O) groups is 1. The van der Waals surface area contributed by atoms with Crippen molar-refractivity contribution in [2.75, 3.05) is 0 Å². The molecule has 1 N–H and O–H groups in total. The van der Waals surface area contributed by atoms with Gasteiger partial charge >= 0.3 is 0 Å². The maximum atomic E-state index is 10.9. The van der Waals surface area contributed by atoms with Gasteiger partial charge in [0.1, 0.15) is 11.5 Å². The lowest BCUT2D eigenvalue weighted by Gasteiger charge is -2.05. The number of Topliss-reactive ketones (excluding diaryl/α,β-unsaturated/α-hetero) is 1. The summed E-state index contributed by atoms with van der Waals surface area (Å²) in [6.07, 6.45) is 0.384. The highest BCUT2D eigenvalue weighted by Crippen LogP contribution is 2.19. The molecule has 13 heavy (non-hydrogen) atoms. The molecule has 0 saturated heterocycles. The number of phenolic OH excluding ortho intramolecular Hbond substituents is 1. The lowest BCUT2D eigenvalue weighted by Crippen LogP contribution is -1.99. The molecule has 1 aromatic carbocycles. The quantitative estimate of drug-likeness (QED) is 0.827. The third kappa shape index (κ3) is 2.84. The second-order valence-corrected chi connectivity index (χ2v) is 3.53. The summed E-state index contributed by atoms with van der Waals surface area (Å²) in [5.41, 5.74) is 1.94. The molecule has 0 aliphatic carbocycles. The van der Waals surface area contributed by atoms with E-state index in [2.05, 4.69) is 15.9 Å². The molecule has 0 saturated carbocycles. The normalized spacial score (nSPS) is 10.0. The van der Waals surface area contributed by atoms with Crippen LogP contribution in [0.4, 0.5) is 0 Å². The van der Waals surface area contributed by atoms with Gasteiger partial charge in [-0.25, -0.2) is 0 Å². The van der Waals surface area contributed by atoms with Gasteiger partial charge in [-0.1, -0.05) is 22.0 Å². The lowest BCUT2D eigenvalue weighted by atomic mass is 10.0. The number of rotatable bonds is 3. The number of phenols is 1. The molecular weight excluding hydrogens is 232 g/mol. The molecule has 1 aromatic rings. The van der Waals surface area contributed by atoms with Crippen molar-refractivity contribution in [3.05, 3.63) is 29.3 Å². The van der Waals surface area contributed by atoms with Gasteiger partial charge in [0.2, 0.25) is 0 Å². The van der Waals surface area contributed by atoms with Crippen LogP contribution in [0.1, 0.15) is 18.1 Å². The monoisotopic (exact) mass is 242 g/mol. The highest BCUT2D eigenvalue weighted by molar-refractivity contribution is 9.08. The summed E-state index contributed by atoms with van der Waals surface area (Å²) >= 11 is 3.33. The number of hydrogen-bond donors (Lipinski definition) is 1. The molecule has 0 atom stereocenters. The zero-order valence-electron chi connectivity index (χ0n) is 7.38. The fourth-order valence-electron chi connectivity index (χ4n) is 1.18. The molecule has 0 amide bonds. The minimum Gasteiger partial charge on any atom is -0.508 e. The Balaban J connectivity index is 3.01. The van der Waals surface area contributed by atoms with Crippen molar-refractivity contribution in [3.63, 3.8) is 0 Å². The van der Waals surface area contributed by atoms with Crippen LogP contribution in [0, 0.1) is 0 Å². The minimum atomic E-state index is 0.104. The fraction of sp³-hybridized carbons (Fsp3) is 0.300. The lowest BCUT2D eigenvalue weighted by molar-refractivity contribution is -0.116. The van der Waals surface area contributed by atoms with Crippen molar-refractivity contribution in [2.24, 2.45) is 0 Å². The van der Waals surface area contributed by atoms with E-state index < -0.39 is 0 Å². The Hall–Kier alpha value is -0.830. The zero-order valence-corrected chi connectivity index (χ0v) is 8.97. The van der Waals surface area contributed by atoms with Crippen LogP contribution < -0.4 is 0 Å². The number of benzene rings is 1. The van der Waals surface area contributed by atoms with Crippen LogP contribution >= 0.6 is 15.9 Å². The first kappa shape index (κ1) is 10.3. The van der Waals surface area contributed by atoms with Crippen molar-refractivity contribution >= 4 is 21.7 Å². The summed E-state index contributed by atoms with van der Waals surface area (Å²) in [7, 11) is 0. The average molecular weight is 243 g/mol. The van der Waals surface area contributed by atoms with Gasteiger partial charge in [-0.05, 0) is 30.2 Å². The number of hydrogen-bond acceptors (Lipinski definition) is 2. The predicted octanol–water partition coefficient (Wildman–Crippen LogP) is 2.42. The molecule has 0 aromatic heterocycles. The van der Waals surface area contributed by atoms with Crippen LogP contribution in [0.5, 0.6) is 5.75 Å². The summed E-state index contributed by atoms with van der Waals surface area (Å²) in [4.78, 5) is 10.9. The van der Waals surface area contributed by atoms with E-state index >= 15 is 0 Å². The first-order chi connectivity index (χ1) is 6.13. The Kier molecular flexibility index (Phi) is 3.48. The Morgan fingerprint density at radius 2 is 2.15 bits per heavy atom. The van der Waals surface area contributed by atoms with E-state index in [1.807, 2.05) is 6.07 Å². The van der Waals surface area contributed by atoms with Crippen LogP contribution in [-0.4, -0.2) is 10.9 Å². The van der Waals surface area contributed by atoms with Gasteiger partial charge in [0.25, 0.3) is 0 Å². The van der Waals surface area contributed by atoms with Crippen molar-refractivity contribution in [1.29, 1.82) is 0 Å². The first-order valence-corrected chi connectivity index (χ1v) is 5.12. The van der Waals surface area contributed by atoms with Crippen LogP contribution in [0.15, 0.2) is 18.2 Å². The van der Waals surface area contributed by atoms with Crippen molar-refractivity contribution in [1.82, 2.24) is 0 Å².